The van der Waals surface area contributed by atoms with Gasteiger partial charge in [-0.25, -0.2) is 19.0 Å². The van der Waals surface area contributed by atoms with Crippen molar-refractivity contribution in [1.82, 2.24) is 24.1 Å². The molecule has 0 bridgehead atoms. The number of thiazole rings is 1. The van der Waals surface area contributed by atoms with E-state index in [1.807, 2.05) is 41.1 Å². The van der Waals surface area contributed by atoms with E-state index in [4.69, 9.17) is 27.2 Å². The molecule has 4 aromatic heterocycles. The Morgan fingerprint density at radius 2 is 1.86 bits per heavy atom. The van der Waals surface area contributed by atoms with Gasteiger partial charge in [0.15, 0.2) is 17.2 Å². The van der Waals surface area contributed by atoms with E-state index in [-0.39, 0.29) is 35.2 Å². The number of nitrogens with two attached hydrogens (primary N) is 1. The average molecular weight is 599 g/mol. The quantitative estimate of drug-likeness (QED) is 0.218. The predicted octanol–water partition coefficient (Wildman–Crippen LogP) is 6.75. The first-order chi connectivity index (χ1) is 20.5. The molecule has 4 heterocycles. The van der Waals surface area contributed by atoms with Crippen molar-refractivity contribution < 1.29 is 9.13 Å². The fourth-order valence-electron chi connectivity index (χ4n) is 5.68. The van der Waals surface area contributed by atoms with Crippen LogP contribution in [0.5, 0.6) is 5.75 Å². The molecule has 2 N–H and O–H groups in total. The first-order valence-corrected chi connectivity index (χ1v) is 15.1. The van der Waals surface area contributed by atoms with Crippen LogP contribution in [0.2, 0.25) is 5.15 Å². The van der Waals surface area contributed by atoms with Crippen molar-refractivity contribution in [1.29, 1.82) is 0 Å². The Morgan fingerprint density at radius 3 is 2.60 bits per heavy atom. The highest BCUT2D eigenvalue weighted by atomic mass is 35.5. The summed E-state index contributed by atoms with van der Waals surface area (Å²) in [7, 11) is 0. The zero-order chi connectivity index (χ0) is 28.5. The molecule has 2 fully saturated rings. The first-order valence-electron chi connectivity index (χ1n) is 13.8. The highest BCUT2D eigenvalue weighted by Gasteiger charge is 2.39. The molecule has 6 aromatic rings. The van der Waals surface area contributed by atoms with E-state index in [9.17, 15) is 4.79 Å². The molecular weight excluding hydrogens is 575 g/mol. The lowest BCUT2D eigenvalue weighted by Crippen LogP contribution is -2.23. The Hall–Kier alpha value is -4.28. The molecule has 42 heavy (non-hydrogen) atoms. The van der Waals surface area contributed by atoms with E-state index in [2.05, 4.69) is 9.97 Å². The molecule has 2 aliphatic carbocycles. The standard InChI is InChI=1S/C31H24ClFN6O2S/c32-23-14-42-24-13-20(25(31(40)38(23)24)16-4-2-1-3-5-16)28(17-6-7-17)39-30-26(29(34)35-15-36-30)27(37-39)18-8-11-22(21(33)12-18)41-19-9-10-19/h1-5,8,11-15,17,19,28H,6-7,9-10H2,(H2,34,35,36). The number of rotatable bonds is 7. The van der Waals surface area contributed by atoms with Gasteiger partial charge in [0.1, 0.15) is 27.8 Å². The maximum atomic E-state index is 15.2. The number of aromatic nitrogens is 5. The number of pyridine rings is 1. The maximum absolute atomic E-state index is 15.2. The molecule has 0 saturated heterocycles. The smallest absolute Gasteiger partial charge is 0.265 e. The highest BCUT2D eigenvalue weighted by molar-refractivity contribution is 7.16. The lowest BCUT2D eigenvalue weighted by Gasteiger charge is -2.22. The third-order valence-corrected chi connectivity index (χ3v) is 9.24. The molecule has 210 valence electrons. The lowest BCUT2D eigenvalue weighted by molar-refractivity contribution is 0.287. The first kappa shape index (κ1) is 25.4. The molecule has 2 saturated carbocycles. The molecule has 1 atom stereocenters. The molecule has 2 aliphatic rings. The van der Waals surface area contributed by atoms with Gasteiger partial charge in [0.2, 0.25) is 0 Å². The number of halogens is 2. The molecule has 8 rings (SSSR count). The van der Waals surface area contributed by atoms with Crippen LogP contribution in [0.1, 0.15) is 37.3 Å². The molecule has 0 spiro atoms. The minimum Gasteiger partial charge on any atom is -0.487 e. The van der Waals surface area contributed by atoms with Crippen molar-refractivity contribution in [2.45, 2.75) is 37.8 Å². The van der Waals surface area contributed by atoms with Gasteiger partial charge in [-0.15, -0.1) is 11.3 Å². The second-order valence-electron chi connectivity index (χ2n) is 10.9. The Labute approximate surface area is 248 Å². The average Bonchev–Trinajstić information content (AvgIpc) is 3.92. The van der Waals surface area contributed by atoms with Gasteiger partial charge in [0, 0.05) is 10.9 Å². The summed E-state index contributed by atoms with van der Waals surface area (Å²) in [6, 6.07) is 16.1. The Bertz CT molecular complexity index is 2070. The Morgan fingerprint density at radius 1 is 1.05 bits per heavy atom. The number of benzene rings is 2. The lowest BCUT2D eigenvalue weighted by atomic mass is 9.94. The third-order valence-electron chi connectivity index (χ3n) is 7.95. The van der Waals surface area contributed by atoms with Gasteiger partial charge in [-0.1, -0.05) is 41.9 Å². The summed E-state index contributed by atoms with van der Waals surface area (Å²) in [5.74, 6) is 0.220. The van der Waals surface area contributed by atoms with Crippen LogP contribution >= 0.6 is 22.9 Å². The third kappa shape index (κ3) is 4.16. The van der Waals surface area contributed by atoms with Gasteiger partial charge in [-0.2, -0.15) is 5.10 Å². The fraction of sp³-hybridized carbons (Fsp3) is 0.226. The second kappa shape index (κ2) is 9.64. The van der Waals surface area contributed by atoms with E-state index in [0.29, 0.717) is 33.0 Å². The van der Waals surface area contributed by atoms with E-state index in [1.54, 1.807) is 21.9 Å². The molecule has 11 heteroatoms. The molecule has 8 nitrogen and oxygen atoms in total. The predicted molar refractivity (Wildman–Crippen MR) is 162 cm³/mol. The van der Waals surface area contributed by atoms with Crippen LogP contribution in [0.4, 0.5) is 10.2 Å². The summed E-state index contributed by atoms with van der Waals surface area (Å²) in [5.41, 5.74) is 9.95. The number of hydrogen-bond donors (Lipinski definition) is 1. The summed E-state index contributed by atoms with van der Waals surface area (Å²) < 4.78 is 24.3. The largest absolute Gasteiger partial charge is 0.487 e. The van der Waals surface area contributed by atoms with Gasteiger partial charge in [-0.3, -0.25) is 9.20 Å². The van der Waals surface area contributed by atoms with Gasteiger partial charge in [-0.05, 0) is 67.0 Å². The van der Waals surface area contributed by atoms with Crippen LogP contribution in [0.15, 0.2) is 71.1 Å². The van der Waals surface area contributed by atoms with Crippen molar-refractivity contribution in [2.75, 3.05) is 5.73 Å². The zero-order valence-corrected chi connectivity index (χ0v) is 23.8. The van der Waals surface area contributed by atoms with Gasteiger partial charge in [0.05, 0.1) is 23.1 Å². The van der Waals surface area contributed by atoms with Crippen molar-refractivity contribution in [3.05, 3.63) is 93.2 Å². The molecule has 2 aromatic carbocycles. The summed E-state index contributed by atoms with van der Waals surface area (Å²) in [4.78, 5) is 23.7. The molecule has 1 unspecified atom stereocenters. The number of nitrogens with zero attached hydrogens (tertiary/aromatic N) is 5. The molecule has 0 aliphatic heterocycles. The topological polar surface area (TPSA) is 100 Å². The van der Waals surface area contributed by atoms with Crippen LogP contribution in [0, 0.1) is 11.7 Å². The van der Waals surface area contributed by atoms with E-state index < -0.39 is 5.82 Å². The van der Waals surface area contributed by atoms with Gasteiger partial charge < -0.3 is 10.5 Å². The molecule has 0 radical (unpaired) electrons. The summed E-state index contributed by atoms with van der Waals surface area (Å²) >= 11 is 7.88. The van der Waals surface area contributed by atoms with Crippen LogP contribution < -0.4 is 16.0 Å². The Balaban J connectivity index is 1.37. The summed E-state index contributed by atoms with van der Waals surface area (Å²) in [6.07, 6.45) is 5.28. The van der Waals surface area contributed by atoms with Gasteiger partial charge in [0.25, 0.3) is 5.56 Å². The number of fused-ring (bicyclic) bond motifs is 2. The summed E-state index contributed by atoms with van der Waals surface area (Å²) in [5, 5.41) is 7.72. The minimum atomic E-state index is -0.462. The SMILES string of the molecule is Nc1ncnc2c1c(-c1ccc(OC3CC3)c(F)c1)nn2C(c1cc2scc(Cl)n2c(=O)c1-c1ccccc1)C1CC1. The molecular formula is C31H24ClFN6O2S. The van der Waals surface area contributed by atoms with Gasteiger partial charge >= 0.3 is 0 Å². The Kier molecular flexibility index (Phi) is 5.84. The number of anilines is 1. The van der Waals surface area contributed by atoms with Crippen LogP contribution in [0.25, 0.3) is 38.2 Å². The number of ether oxygens (including phenoxy) is 1. The maximum Gasteiger partial charge on any atom is 0.265 e. The number of nitrogen functional groups attached to an aromatic ring is 1. The van der Waals surface area contributed by atoms with Crippen molar-refractivity contribution in [3.63, 3.8) is 0 Å². The van der Waals surface area contributed by atoms with Crippen molar-refractivity contribution >= 4 is 44.6 Å². The minimum absolute atomic E-state index is 0.0761. The fourth-order valence-corrected chi connectivity index (χ4v) is 6.84. The van der Waals surface area contributed by atoms with E-state index >= 15 is 4.39 Å². The van der Waals surface area contributed by atoms with Crippen LogP contribution in [0.3, 0.4) is 0 Å². The van der Waals surface area contributed by atoms with Crippen LogP contribution in [-0.4, -0.2) is 30.3 Å². The van der Waals surface area contributed by atoms with E-state index in [0.717, 1.165) is 41.6 Å². The zero-order valence-electron chi connectivity index (χ0n) is 22.2. The molecule has 0 amide bonds. The monoisotopic (exact) mass is 598 g/mol. The van der Waals surface area contributed by atoms with Crippen molar-refractivity contribution in [3.8, 4) is 28.1 Å². The van der Waals surface area contributed by atoms with Crippen molar-refractivity contribution in [2.24, 2.45) is 5.92 Å². The highest BCUT2D eigenvalue weighted by Crippen LogP contribution is 2.48. The second-order valence-corrected chi connectivity index (χ2v) is 12.2. The number of hydrogen-bond acceptors (Lipinski definition) is 7. The normalized spacial score (nSPS) is 15.9. The summed E-state index contributed by atoms with van der Waals surface area (Å²) in [6.45, 7) is 0. The van der Waals surface area contributed by atoms with Crippen LogP contribution in [-0.2, 0) is 0 Å². The van der Waals surface area contributed by atoms with E-state index in [1.165, 1.54) is 23.7 Å².